The molecule has 0 saturated carbocycles. The lowest BCUT2D eigenvalue weighted by molar-refractivity contribution is -0.115. The number of thiophene rings is 1. The molecule has 0 bridgehead atoms. The highest BCUT2D eigenvalue weighted by molar-refractivity contribution is 8.18. The average Bonchev–Trinajstić information content (AvgIpc) is 3.28. The van der Waals surface area contributed by atoms with Crippen molar-refractivity contribution in [2.45, 2.75) is 46.5 Å². The number of aryl methyl sites for hydroxylation is 2. The molecule has 152 valence electrons. The van der Waals surface area contributed by atoms with E-state index in [0.717, 1.165) is 65.0 Å². The molecule has 0 aromatic carbocycles. The summed E-state index contributed by atoms with van der Waals surface area (Å²) in [5, 5.41) is 2.81. The van der Waals surface area contributed by atoms with Crippen molar-refractivity contribution in [1.82, 2.24) is 9.88 Å². The molecule has 1 N–H and O–H groups in total. The molecule has 6 nitrogen and oxygen atoms in total. The van der Waals surface area contributed by atoms with Crippen LogP contribution in [0.25, 0.3) is 11.1 Å². The minimum absolute atomic E-state index is 0.273. The van der Waals surface area contributed by atoms with Crippen LogP contribution >= 0.6 is 23.1 Å². The summed E-state index contributed by atoms with van der Waals surface area (Å²) in [6.45, 7) is 6.10. The fraction of sp³-hybridized carbons (Fsp3) is 0.381. The van der Waals surface area contributed by atoms with Gasteiger partial charge in [-0.3, -0.25) is 14.9 Å². The van der Waals surface area contributed by atoms with E-state index in [-0.39, 0.29) is 17.1 Å². The van der Waals surface area contributed by atoms with Gasteiger partial charge in [-0.15, -0.1) is 11.3 Å². The molecule has 1 saturated heterocycles. The molecule has 2 aromatic heterocycles. The molecule has 1 aliphatic heterocycles. The van der Waals surface area contributed by atoms with E-state index in [4.69, 9.17) is 4.74 Å². The van der Waals surface area contributed by atoms with Gasteiger partial charge in [0.15, 0.2) is 0 Å². The molecular weight excluding hydrogens is 408 g/mol. The van der Waals surface area contributed by atoms with Gasteiger partial charge < -0.3 is 9.30 Å². The van der Waals surface area contributed by atoms with Gasteiger partial charge in [0.05, 0.1) is 17.1 Å². The summed E-state index contributed by atoms with van der Waals surface area (Å²) >= 11 is 2.56. The van der Waals surface area contributed by atoms with Crippen LogP contribution in [0.4, 0.5) is 4.79 Å². The summed E-state index contributed by atoms with van der Waals surface area (Å²) in [5.41, 5.74) is 4.55. The molecule has 3 heterocycles. The van der Waals surface area contributed by atoms with E-state index >= 15 is 0 Å². The summed E-state index contributed by atoms with van der Waals surface area (Å²) in [5.74, 6) is -0.644. The summed E-state index contributed by atoms with van der Waals surface area (Å²) in [6, 6.07) is 1.98. The normalized spacial score (nSPS) is 17.6. The second-order valence-electron chi connectivity index (χ2n) is 7.13. The number of hydrogen-bond acceptors (Lipinski definition) is 6. The van der Waals surface area contributed by atoms with Gasteiger partial charge in [0.25, 0.3) is 11.1 Å². The Morgan fingerprint density at radius 1 is 1.28 bits per heavy atom. The van der Waals surface area contributed by atoms with Gasteiger partial charge in [0, 0.05) is 16.3 Å². The minimum atomic E-state index is -0.372. The summed E-state index contributed by atoms with van der Waals surface area (Å²) in [4.78, 5) is 37.9. The number of thioether (sulfide) groups is 1. The second kappa shape index (κ2) is 7.84. The van der Waals surface area contributed by atoms with Gasteiger partial charge in [-0.2, -0.15) is 0 Å². The van der Waals surface area contributed by atoms with Crippen molar-refractivity contribution in [3.05, 3.63) is 43.9 Å². The molecule has 0 unspecified atom stereocenters. The van der Waals surface area contributed by atoms with E-state index in [2.05, 4.69) is 9.88 Å². The second-order valence-corrected chi connectivity index (χ2v) is 9.22. The molecular formula is C21H22N2O4S2. The zero-order valence-corrected chi connectivity index (χ0v) is 18.2. The maximum Gasteiger partial charge on any atom is 0.341 e. The van der Waals surface area contributed by atoms with E-state index in [9.17, 15) is 14.4 Å². The van der Waals surface area contributed by atoms with E-state index in [1.165, 1.54) is 4.88 Å². The number of hydrogen-bond donors (Lipinski definition) is 1. The lowest BCUT2D eigenvalue weighted by atomic mass is 9.95. The van der Waals surface area contributed by atoms with Crippen LogP contribution in [-0.4, -0.2) is 28.3 Å². The number of fused-ring (bicyclic) bond motifs is 1. The van der Waals surface area contributed by atoms with E-state index in [0.29, 0.717) is 17.1 Å². The zero-order valence-electron chi connectivity index (χ0n) is 16.6. The van der Waals surface area contributed by atoms with Crippen LogP contribution in [0.15, 0.2) is 11.0 Å². The van der Waals surface area contributed by atoms with Crippen molar-refractivity contribution in [3.63, 3.8) is 0 Å². The van der Waals surface area contributed by atoms with Gasteiger partial charge >= 0.3 is 5.97 Å². The third-order valence-corrected chi connectivity index (χ3v) is 7.32. The highest BCUT2D eigenvalue weighted by Crippen LogP contribution is 2.39. The van der Waals surface area contributed by atoms with Crippen LogP contribution in [0.2, 0.25) is 0 Å². The fourth-order valence-corrected chi connectivity index (χ4v) is 6.09. The topological polar surface area (TPSA) is 77.4 Å². The highest BCUT2D eigenvalue weighted by Gasteiger charge is 2.29. The number of carbonyl (C=O) groups is 3. The molecule has 2 amide bonds. The number of imide groups is 1. The number of aromatic nitrogens is 1. The SMILES string of the molecule is CCOC(=O)c1c(-n2c(C)cc(/C=C3\SC(=O)NC3=O)c2C)sc2c1CCCC2. The molecule has 0 spiro atoms. The van der Waals surface area contributed by atoms with E-state index in [1.54, 1.807) is 17.4 Å². The van der Waals surface area contributed by atoms with Gasteiger partial charge in [-0.05, 0) is 81.5 Å². The molecule has 2 aromatic rings. The summed E-state index contributed by atoms with van der Waals surface area (Å²) in [7, 11) is 0. The van der Waals surface area contributed by atoms with E-state index < -0.39 is 0 Å². The van der Waals surface area contributed by atoms with Gasteiger partial charge in [0.1, 0.15) is 5.00 Å². The number of esters is 1. The number of ether oxygens (including phenoxy) is 1. The van der Waals surface area contributed by atoms with Crippen LogP contribution < -0.4 is 5.32 Å². The Bertz CT molecular complexity index is 1060. The first-order valence-corrected chi connectivity index (χ1v) is 11.3. The first-order valence-electron chi connectivity index (χ1n) is 9.66. The number of rotatable bonds is 4. The van der Waals surface area contributed by atoms with Crippen LogP contribution in [-0.2, 0) is 22.4 Å². The van der Waals surface area contributed by atoms with Crippen molar-refractivity contribution in [2.24, 2.45) is 0 Å². The summed E-state index contributed by atoms with van der Waals surface area (Å²) in [6.07, 6.45) is 5.84. The predicted molar refractivity (Wildman–Crippen MR) is 115 cm³/mol. The number of nitrogens with one attached hydrogen (secondary N) is 1. The number of amides is 2. The fourth-order valence-electron chi connectivity index (χ4n) is 3.93. The first kappa shape index (κ1) is 20.0. The van der Waals surface area contributed by atoms with Crippen molar-refractivity contribution < 1.29 is 19.1 Å². The lowest BCUT2D eigenvalue weighted by Gasteiger charge is -2.13. The Labute approximate surface area is 177 Å². The van der Waals surface area contributed by atoms with Crippen molar-refractivity contribution >= 4 is 46.3 Å². The third kappa shape index (κ3) is 3.55. The number of nitrogens with zero attached hydrogens (tertiary/aromatic N) is 1. The standard InChI is InChI=1S/C21H22N2O4S2/c1-4-27-20(25)17-14-7-5-6-8-15(14)28-19(17)23-11(2)9-13(12(23)3)10-16-18(24)22-21(26)29-16/h9-10H,4-8H2,1-3H3,(H,22,24,26)/b16-10-. The molecule has 0 atom stereocenters. The average molecular weight is 431 g/mol. The first-order chi connectivity index (χ1) is 13.9. The van der Waals surface area contributed by atoms with Crippen LogP contribution in [0.5, 0.6) is 0 Å². The Kier molecular flexibility index (Phi) is 5.40. The quantitative estimate of drug-likeness (QED) is 0.569. The minimum Gasteiger partial charge on any atom is -0.462 e. The third-order valence-electron chi connectivity index (χ3n) is 5.23. The molecule has 29 heavy (non-hydrogen) atoms. The van der Waals surface area contributed by atoms with Crippen molar-refractivity contribution in [2.75, 3.05) is 6.61 Å². The number of carbonyl (C=O) groups excluding carboxylic acids is 3. The maximum absolute atomic E-state index is 12.8. The Morgan fingerprint density at radius 3 is 2.72 bits per heavy atom. The molecule has 1 aliphatic carbocycles. The van der Waals surface area contributed by atoms with Crippen LogP contribution in [0.1, 0.15) is 57.5 Å². The maximum atomic E-state index is 12.8. The van der Waals surface area contributed by atoms with Crippen LogP contribution in [0.3, 0.4) is 0 Å². The lowest BCUT2D eigenvalue weighted by Crippen LogP contribution is -2.17. The smallest absolute Gasteiger partial charge is 0.341 e. The predicted octanol–water partition coefficient (Wildman–Crippen LogP) is 4.54. The molecule has 0 radical (unpaired) electrons. The zero-order chi connectivity index (χ0) is 20.7. The van der Waals surface area contributed by atoms with Crippen molar-refractivity contribution in [1.29, 1.82) is 0 Å². The summed E-state index contributed by atoms with van der Waals surface area (Å²) < 4.78 is 7.45. The van der Waals surface area contributed by atoms with Gasteiger partial charge in [0.2, 0.25) is 0 Å². The Hall–Kier alpha value is -2.32. The van der Waals surface area contributed by atoms with Gasteiger partial charge in [-0.1, -0.05) is 0 Å². The molecule has 1 fully saturated rings. The van der Waals surface area contributed by atoms with Gasteiger partial charge in [-0.25, -0.2) is 4.79 Å². The van der Waals surface area contributed by atoms with E-state index in [1.807, 2.05) is 26.8 Å². The highest BCUT2D eigenvalue weighted by atomic mass is 32.2. The van der Waals surface area contributed by atoms with Crippen LogP contribution in [0, 0.1) is 13.8 Å². The monoisotopic (exact) mass is 430 g/mol. The molecule has 8 heteroatoms. The van der Waals surface area contributed by atoms with Crippen molar-refractivity contribution in [3.8, 4) is 5.00 Å². The largest absolute Gasteiger partial charge is 0.462 e. The Balaban J connectivity index is 1.84. The molecule has 4 rings (SSSR count). The Morgan fingerprint density at radius 2 is 2.03 bits per heavy atom. The molecule has 2 aliphatic rings.